The molecule has 1 rings (SSSR count). The van der Waals surface area contributed by atoms with Gasteiger partial charge in [-0.3, -0.25) is 9.69 Å². The highest BCUT2D eigenvalue weighted by molar-refractivity contribution is 5.72. The first-order valence-corrected chi connectivity index (χ1v) is 4.88. The number of halogens is 3. The van der Waals surface area contributed by atoms with E-state index in [2.05, 4.69) is 0 Å². The van der Waals surface area contributed by atoms with Crippen molar-refractivity contribution in [2.75, 3.05) is 13.1 Å². The standard InChI is InChI=1S/C9H14F3NO2/c1-2-13(5-9(10,11)12)7-4-3-6(7)8(14)15/h6-7H,2-5H2,1H3,(H,14,15). The van der Waals surface area contributed by atoms with Crippen molar-refractivity contribution in [3.05, 3.63) is 0 Å². The molecule has 6 heteroatoms. The van der Waals surface area contributed by atoms with Crippen LogP contribution in [0.3, 0.4) is 0 Å². The minimum atomic E-state index is -4.26. The second-order valence-electron chi connectivity index (χ2n) is 3.77. The molecule has 1 aliphatic rings. The second-order valence-corrected chi connectivity index (χ2v) is 3.77. The van der Waals surface area contributed by atoms with E-state index in [1.54, 1.807) is 6.92 Å². The third kappa shape index (κ3) is 3.09. The van der Waals surface area contributed by atoms with E-state index in [4.69, 9.17) is 5.11 Å². The Bertz CT molecular complexity index is 242. The average Bonchev–Trinajstić information content (AvgIpc) is 1.96. The van der Waals surface area contributed by atoms with Crippen molar-refractivity contribution in [1.29, 1.82) is 0 Å². The highest BCUT2D eigenvalue weighted by Crippen LogP contribution is 2.33. The van der Waals surface area contributed by atoms with Gasteiger partial charge in [-0.05, 0) is 19.4 Å². The van der Waals surface area contributed by atoms with Crippen LogP contribution in [0.1, 0.15) is 19.8 Å². The van der Waals surface area contributed by atoms with Gasteiger partial charge in [0.2, 0.25) is 0 Å². The number of nitrogens with zero attached hydrogens (tertiary/aromatic N) is 1. The number of hydrogen-bond donors (Lipinski definition) is 1. The minimum Gasteiger partial charge on any atom is -0.481 e. The summed E-state index contributed by atoms with van der Waals surface area (Å²) < 4.78 is 36.5. The van der Waals surface area contributed by atoms with Crippen molar-refractivity contribution >= 4 is 5.97 Å². The van der Waals surface area contributed by atoms with Crippen molar-refractivity contribution in [2.45, 2.75) is 32.0 Å². The van der Waals surface area contributed by atoms with Gasteiger partial charge in [-0.1, -0.05) is 6.92 Å². The first-order chi connectivity index (χ1) is 6.85. The Morgan fingerprint density at radius 1 is 1.47 bits per heavy atom. The molecule has 0 aliphatic heterocycles. The fraction of sp³-hybridized carbons (Fsp3) is 0.889. The summed E-state index contributed by atoms with van der Waals surface area (Å²) in [5.41, 5.74) is 0. The first kappa shape index (κ1) is 12.3. The fourth-order valence-corrected chi connectivity index (χ4v) is 1.90. The molecule has 2 unspecified atom stereocenters. The Hall–Kier alpha value is -0.780. The summed E-state index contributed by atoms with van der Waals surface area (Å²) in [6, 6.07) is -0.450. The zero-order valence-electron chi connectivity index (χ0n) is 8.42. The normalized spacial score (nSPS) is 26.5. The highest BCUT2D eigenvalue weighted by atomic mass is 19.4. The highest BCUT2D eigenvalue weighted by Gasteiger charge is 2.43. The fourth-order valence-electron chi connectivity index (χ4n) is 1.90. The summed E-state index contributed by atoms with van der Waals surface area (Å²) in [6.07, 6.45) is -3.23. The predicted octanol–water partition coefficient (Wildman–Crippen LogP) is 1.73. The maximum absolute atomic E-state index is 12.2. The monoisotopic (exact) mass is 225 g/mol. The maximum Gasteiger partial charge on any atom is 0.401 e. The molecule has 15 heavy (non-hydrogen) atoms. The van der Waals surface area contributed by atoms with Gasteiger partial charge in [-0.25, -0.2) is 0 Å². The zero-order chi connectivity index (χ0) is 11.6. The first-order valence-electron chi connectivity index (χ1n) is 4.88. The molecule has 1 aliphatic carbocycles. The van der Waals surface area contributed by atoms with Crippen LogP contribution in [0.4, 0.5) is 13.2 Å². The Morgan fingerprint density at radius 3 is 2.33 bits per heavy atom. The van der Waals surface area contributed by atoms with Gasteiger partial charge in [-0.2, -0.15) is 13.2 Å². The molecule has 0 spiro atoms. The Balaban J connectivity index is 2.56. The molecule has 1 N–H and O–H groups in total. The van der Waals surface area contributed by atoms with Crippen LogP contribution in [0.15, 0.2) is 0 Å². The average molecular weight is 225 g/mol. The summed E-state index contributed by atoms with van der Waals surface area (Å²) in [5, 5.41) is 8.74. The summed E-state index contributed by atoms with van der Waals surface area (Å²) in [6.45, 7) is 0.828. The number of carboxylic acid groups (broad SMARTS) is 1. The maximum atomic E-state index is 12.2. The molecule has 3 nitrogen and oxygen atoms in total. The lowest BCUT2D eigenvalue weighted by Crippen LogP contribution is -2.52. The summed E-state index contributed by atoms with van der Waals surface area (Å²) >= 11 is 0. The molecule has 1 fully saturated rings. The van der Waals surface area contributed by atoms with Crippen molar-refractivity contribution in [3.8, 4) is 0 Å². The SMILES string of the molecule is CCN(CC(F)(F)F)C1CCC1C(=O)O. The molecular formula is C9H14F3NO2. The van der Waals surface area contributed by atoms with Crippen molar-refractivity contribution in [2.24, 2.45) is 5.92 Å². The van der Waals surface area contributed by atoms with Gasteiger partial charge in [0.05, 0.1) is 12.5 Å². The topological polar surface area (TPSA) is 40.5 Å². The van der Waals surface area contributed by atoms with Crippen molar-refractivity contribution < 1.29 is 23.1 Å². The van der Waals surface area contributed by atoms with Crippen LogP contribution in [-0.2, 0) is 4.79 Å². The molecule has 88 valence electrons. The Labute approximate surface area is 85.9 Å². The number of hydrogen-bond acceptors (Lipinski definition) is 2. The number of alkyl halides is 3. The molecule has 1 saturated carbocycles. The minimum absolute atomic E-state index is 0.230. The molecule has 0 amide bonds. The smallest absolute Gasteiger partial charge is 0.401 e. The van der Waals surface area contributed by atoms with Gasteiger partial charge in [0.25, 0.3) is 0 Å². The Kier molecular flexibility index (Phi) is 3.59. The van der Waals surface area contributed by atoms with E-state index < -0.39 is 30.7 Å². The van der Waals surface area contributed by atoms with E-state index in [-0.39, 0.29) is 6.54 Å². The van der Waals surface area contributed by atoms with Crippen molar-refractivity contribution in [3.63, 3.8) is 0 Å². The van der Waals surface area contributed by atoms with Crippen molar-refractivity contribution in [1.82, 2.24) is 4.90 Å². The van der Waals surface area contributed by atoms with E-state index in [0.717, 1.165) is 0 Å². The zero-order valence-corrected chi connectivity index (χ0v) is 8.42. The third-order valence-electron chi connectivity index (χ3n) is 2.81. The van der Waals surface area contributed by atoms with Gasteiger partial charge < -0.3 is 5.11 Å². The molecular weight excluding hydrogens is 211 g/mol. The molecule has 0 heterocycles. The molecule has 0 aromatic rings. The summed E-state index contributed by atoms with van der Waals surface area (Å²) in [4.78, 5) is 11.9. The second kappa shape index (κ2) is 4.38. The molecule has 0 saturated heterocycles. The van der Waals surface area contributed by atoms with Gasteiger partial charge in [-0.15, -0.1) is 0 Å². The number of aliphatic carboxylic acids is 1. The van der Waals surface area contributed by atoms with E-state index in [9.17, 15) is 18.0 Å². The van der Waals surface area contributed by atoms with Gasteiger partial charge >= 0.3 is 12.1 Å². The van der Waals surface area contributed by atoms with Gasteiger partial charge in [0.1, 0.15) is 0 Å². The number of rotatable bonds is 4. The molecule has 0 aromatic heterocycles. The summed E-state index contributed by atoms with van der Waals surface area (Å²) in [7, 11) is 0. The van der Waals surface area contributed by atoms with Crippen LogP contribution in [0, 0.1) is 5.92 Å². The quantitative estimate of drug-likeness (QED) is 0.792. The number of carboxylic acids is 1. The van der Waals surface area contributed by atoms with E-state index in [1.807, 2.05) is 0 Å². The summed E-state index contributed by atoms with van der Waals surface area (Å²) in [5.74, 6) is -1.63. The van der Waals surface area contributed by atoms with Crippen LogP contribution >= 0.6 is 0 Å². The van der Waals surface area contributed by atoms with Crippen LogP contribution in [0.5, 0.6) is 0 Å². The lowest BCUT2D eigenvalue weighted by Gasteiger charge is -2.41. The molecule has 0 aromatic carbocycles. The van der Waals surface area contributed by atoms with Crippen LogP contribution in [0.2, 0.25) is 0 Å². The van der Waals surface area contributed by atoms with E-state index in [0.29, 0.717) is 12.8 Å². The van der Waals surface area contributed by atoms with E-state index >= 15 is 0 Å². The molecule has 0 bridgehead atoms. The Morgan fingerprint density at radius 2 is 2.07 bits per heavy atom. The lowest BCUT2D eigenvalue weighted by atomic mass is 9.78. The molecule has 0 radical (unpaired) electrons. The largest absolute Gasteiger partial charge is 0.481 e. The predicted molar refractivity (Wildman–Crippen MR) is 47.4 cm³/mol. The van der Waals surface area contributed by atoms with Crippen LogP contribution in [0.25, 0.3) is 0 Å². The third-order valence-corrected chi connectivity index (χ3v) is 2.81. The van der Waals surface area contributed by atoms with Gasteiger partial charge in [0, 0.05) is 6.04 Å². The van der Waals surface area contributed by atoms with Crippen LogP contribution < -0.4 is 0 Å². The van der Waals surface area contributed by atoms with E-state index in [1.165, 1.54) is 4.90 Å². The molecule has 2 atom stereocenters. The van der Waals surface area contributed by atoms with Crippen LogP contribution in [-0.4, -0.2) is 41.3 Å². The lowest BCUT2D eigenvalue weighted by molar-refractivity contribution is -0.167. The number of carbonyl (C=O) groups is 1. The van der Waals surface area contributed by atoms with Gasteiger partial charge in [0.15, 0.2) is 0 Å².